The van der Waals surface area contributed by atoms with Crippen molar-refractivity contribution in [1.82, 2.24) is 15.5 Å². The van der Waals surface area contributed by atoms with Crippen molar-refractivity contribution < 1.29 is 28.7 Å². The maximum Gasteiger partial charge on any atom is 0.408 e. The number of ether oxygens (including phenoxy) is 2. The lowest BCUT2D eigenvalue weighted by Crippen LogP contribution is -2.49. The molecule has 1 unspecified atom stereocenters. The molecule has 1 atom stereocenters. The van der Waals surface area contributed by atoms with Gasteiger partial charge < -0.3 is 25.0 Å². The first kappa shape index (κ1) is 30.9. The smallest absolute Gasteiger partial charge is 0.408 e. The van der Waals surface area contributed by atoms with Crippen LogP contribution in [0.25, 0.3) is 0 Å². The standard InChI is InChI=1S/C27H43N3O6/c1-8-9-10-11-12-16-30(22(31)17-29-26(34)36-27(4,5)6)24(25(33)28-18-23(32)35-7)21-15-13-14-19(2)20(21)3/h13-15,24H,8-12,16-18H2,1-7H3,(H,28,33)(H,29,34). The van der Waals surface area contributed by atoms with E-state index in [1.54, 1.807) is 20.8 Å². The Bertz CT molecular complexity index is 894. The Morgan fingerprint density at radius 1 is 0.972 bits per heavy atom. The highest BCUT2D eigenvalue weighted by molar-refractivity contribution is 5.92. The number of nitrogens with one attached hydrogen (secondary N) is 2. The minimum Gasteiger partial charge on any atom is -0.468 e. The van der Waals surface area contributed by atoms with Gasteiger partial charge in [-0.05, 0) is 57.7 Å². The van der Waals surface area contributed by atoms with E-state index < -0.39 is 35.5 Å². The Morgan fingerprint density at radius 3 is 2.25 bits per heavy atom. The van der Waals surface area contributed by atoms with Gasteiger partial charge in [0.25, 0.3) is 0 Å². The monoisotopic (exact) mass is 505 g/mol. The Balaban J connectivity index is 3.27. The molecule has 0 heterocycles. The molecule has 0 spiro atoms. The molecule has 0 bridgehead atoms. The van der Waals surface area contributed by atoms with Gasteiger partial charge >= 0.3 is 12.1 Å². The first-order valence-corrected chi connectivity index (χ1v) is 12.6. The Hall–Kier alpha value is -3.10. The number of hydrogen-bond acceptors (Lipinski definition) is 6. The molecule has 2 N–H and O–H groups in total. The van der Waals surface area contributed by atoms with E-state index in [4.69, 9.17) is 4.74 Å². The van der Waals surface area contributed by atoms with Crippen LogP contribution >= 0.6 is 0 Å². The number of rotatable bonds is 13. The first-order valence-electron chi connectivity index (χ1n) is 12.6. The fraction of sp³-hybridized carbons (Fsp3) is 0.630. The van der Waals surface area contributed by atoms with Crippen LogP contribution in [0.3, 0.4) is 0 Å². The number of hydrogen-bond donors (Lipinski definition) is 2. The lowest BCUT2D eigenvalue weighted by Gasteiger charge is -2.33. The molecular weight excluding hydrogens is 462 g/mol. The highest BCUT2D eigenvalue weighted by atomic mass is 16.6. The van der Waals surface area contributed by atoms with Gasteiger partial charge in [0.2, 0.25) is 11.8 Å². The molecule has 9 nitrogen and oxygen atoms in total. The van der Waals surface area contributed by atoms with Crippen molar-refractivity contribution in [3.63, 3.8) is 0 Å². The molecule has 36 heavy (non-hydrogen) atoms. The maximum atomic E-state index is 13.4. The summed E-state index contributed by atoms with van der Waals surface area (Å²) in [5, 5.41) is 5.10. The molecular formula is C27H43N3O6. The molecule has 202 valence electrons. The number of aryl methyl sites for hydroxylation is 1. The third-order valence-electron chi connectivity index (χ3n) is 5.74. The van der Waals surface area contributed by atoms with Crippen molar-refractivity contribution in [2.24, 2.45) is 0 Å². The van der Waals surface area contributed by atoms with Gasteiger partial charge in [-0.15, -0.1) is 0 Å². The zero-order valence-corrected chi connectivity index (χ0v) is 22.9. The van der Waals surface area contributed by atoms with E-state index in [1.165, 1.54) is 12.0 Å². The molecule has 9 heteroatoms. The maximum absolute atomic E-state index is 13.4. The second-order valence-electron chi connectivity index (χ2n) is 9.84. The topological polar surface area (TPSA) is 114 Å². The van der Waals surface area contributed by atoms with Crippen LogP contribution in [0.5, 0.6) is 0 Å². The van der Waals surface area contributed by atoms with E-state index in [9.17, 15) is 19.2 Å². The van der Waals surface area contributed by atoms with Gasteiger partial charge in [-0.3, -0.25) is 14.4 Å². The first-order chi connectivity index (χ1) is 16.9. The highest BCUT2D eigenvalue weighted by Gasteiger charge is 2.33. The number of esters is 1. The number of carbonyl (C=O) groups is 4. The van der Waals surface area contributed by atoms with Crippen molar-refractivity contribution in [1.29, 1.82) is 0 Å². The summed E-state index contributed by atoms with van der Waals surface area (Å²) in [5.41, 5.74) is 1.80. The zero-order valence-electron chi connectivity index (χ0n) is 22.9. The van der Waals surface area contributed by atoms with Gasteiger partial charge in [0, 0.05) is 6.54 Å². The summed E-state index contributed by atoms with van der Waals surface area (Å²) in [6.45, 7) is 10.8. The summed E-state index contributed by atoms with van der Waals surface area (Å²) >= 11 is 0. The van der Waals surface area contributed by atoms with Crippen LogP contribution in [0.1, 0.15) is 82.5 Å². The quantitative estimate of drug-likeness (QED) is 0.310. The van der Waals surface area contributed by atoms with Crippen molar-refractivity contribution in [3.05, 3.63) is 34.9 Å². The van der Waals surface area contributed by atoms with Crippen molar-refractivity contribution >= 4 is 23.9 Å². The third kappa shape index (κ3) is 10.7. The third-order valence-corrected chi connectivity index (χ3v) is 5.74. The number of benzene rings is 1. The number of nitrogens with zero attached hydrogens (tertiary/aromatic N) is 1. The average molecular weight is 506 g/mol. The summed E-state index contributed by atoms with van der Waals surface area (Å²) in [4.78, 5) is 52.2. The molecule has 0 saturated carbocycles. The number of alkyl carbamates (subject to hydrolysis) is 1. The molecule has 3 amide bonds. The van der Waals surface area contributed by atoms with E-state index in [-0.39, 0.29) is 13.1 Å². The van der Waals surface area contributed by atoms with Gasteiger partial charge in [0.1, 0.15) is 24.7 Å². The Labute approximate surface area is 215 Å². The fourth-order valence-electron chi connectivity index (χ4n) is 3.70. The van der Waals surface area contributed by atoms with Crippen molar-refractivity contribution in [2.45, 2.75) is 85.3 Å². The van der Waals surface area contributed by atoms with Crippen molar-refractivity contribution in [2.75, 3.05) is 26.7 Å². The normalized spacial score (nSPS) is 11.9. The summed E-state index contributed by atoms with van der Waals surface area (Å²) < 4.78 is 9.89. The molecule has 0 saturated heterocycles. The van der Waals surface area contributed by atoms with Crippen LogP contribution in [0.15, 0.2) is 18.2 Å². The van der Waals surface area contributed by atoms with Gasteiger partial charge in [-0.25, -0.2) is 4.79 Å². The van der Waals surface area contributed by atoms with E-state index in [2.05, 4.69) is 22.3 Å². The predicted molar refractivity (Wildman–Crippen MR) is 138 cm³/mol. The van der Waals surface area contributed by atoms with Gasteiger partial charge in [-0.1, -0.05) is 50.8 Å². The second-order valence-corrected chi connectivity index (χ2v) is 9.84. The summed E-state index contributed by atoms with van der Waals surface area (Å²) in [7, 11) is 1.24. The number of methoxy groups -OCH3 is 1. The largest absolute Gasteiger partial charge is 0.468 e. The van der Waals surface area contributed by atoms with Crippen molar-refractivity contribution in [3.8, 4) is 0 Å². The van der Waals surface area contributed by atoms with E-state index in [0.29, 0.717) is 18.5 Å². The van der Waals surface area contributed by atoms with Gasteiger partial charge in [0.05, 0.1) is 7.11 Å². The average Bonchev–Trinajstić information content (AvgIpc) is 2.81. The lowest BCUT2D eigenvalue weighted by atomic mass is 9.95. The molecule has 1 aromatic rings. The zero-order chi connectivity index (χ0) is 27.3. The summed E-state index contributed by atoms with van der Waals surface area (Å²) in [5.74, 6) is -1.50. The fourth-order valence-corrected chi connectivity index (χ4v) is 3.70. The SMILES string of the molecule is CCCCCCCN(C(=O)CNC(=O)OC(C)(C)C)C(C(=O)NCC(=O)OC)c1cccc(C)c1C. The molecule has 0 fully saturated rings. The Morgan fingerprint density at radius 2 is 1.64 bits per heavy atom. The Kier molecular flexibility index (Phi) is 13.0. The van der Waals surface area contributed by atoms with E-state index in [1.807, 2.05) is 32.0 Å². The lowest BCUT2D eigenvalue weighted by molar-refractivity contribution is -0.143. The minimum atomic E-state index is -0.978. The van der Waals surface area contributed by atoms with Crippen LogP contribution in [0.2, 0.25) is 0 Å². The number of carbonyl (C=O) groups excluding carboxylic acids is 4. The summed E-state index contributed by atoms with van der Waals surface area (Å²) in [6, 6.07) is 4.60. The minimum absolute atomic E-state index is 0.314. The number of unbranched alkanes of at least 4 members (excludes halogenated alkanes) is 4. The highest BCUT2D eigenvalue weighted by Crippen LogP contribution is 2.27. The van der Waals surface area contributed by atoms with Crippen LogP contribution in [0.4, 0.5) is 4.79 Å². The molecule has 0 aliphatic rings. The summed E-state index contributed by atoms with van der Waals surface area (Å²) in [6.07, 6.45) is 4.09. The molecule has 0 aliphatic heterocycles. The van der Waals surface area contributed by atoms with Gasteiger partial charge in [-0.2, -0.15) is 0 Å². The molecule has 0 aromatic heterocycles. The van der Waals surface area contributed by atoms with Crippen LogP contribution in [0, 0.1) is 13.8 Å². The van der Waals surface area contributed by atoms with Crippen LogP contribution in [-0.2, 0) is 23.9 Å². The molecule has 0 aliphatic carbocycles. The van der Waals surface area contributed by atoms with Crippen LogP contribution in [-0.4, -0.2) is 61.1 Å². The molecule has 1 rings (SSSR count). The number of amides is 3. The second kappa shape index (κ2) is 15.1. The molecule has 0 radical (unpaired) electrons. The van der Waals surface area contributed by atoms with Crippen LogP contribution < -0.4 is 10.6 Å². The molecule has 1 aromatic carbocycles. The van der Waals surface area contributed by atoms with E-state index in [0.717, 1.165) is 36.8 Å². The van der Waals surface area contributed by atoms with E-state index >= 15 is 0 Å². The predicted octanol–water partition coefficient (Wildman–Crippen LogP) is 3.96. The van der Waals surface area contributed by atoms with Gasteiger partial charge in [0.15, 0.2) is 0 Å².